The van der Waals surface area contributed by atoms with Crippen LogP contribution < -0.4 is 0 Å². The molecule has 22 heavy (non-hydrogen) atoms. The van der Waals surface area contributed by atoms with Crippen LogP contribution in [0.3, 0.4) is 0 Å². The van der Waals surface area contributed by atoms with Gasteiger partial charge in [-0.2, -0.15) is 0 Å². The first-order valence-corrected chi connectivity index (χ1v) is 15.5. The van der Waals surface area contributed by atoms with Gasteiger partial charge in [-0.15, -0.1) is 0 Å². The van der Waals surface area contributed by atoms with Crippen molar-refractivity contribution in [1.82, 2.24) is 0 Å². The van der Waals surface area contributed by atoms with Gasteiger partial charge in [-0.1, -0.05) is 0 Å². The molecule has 0 nitrogen and oxygen atoms in total. The van der Waals surface area contributed by atoms with Crippen molar-refractivity contribution in [3.8, 4) is 0 Å². The molecule has 0 aromatic rings. The van der Waals surface area contributed by atoms with Gasteiger partial charge in [-0.3, -0.25) is 0 Å². The molecule has 1 unspecified atom stereocenters. The molecule has 0 saturated heterocycles. The molecule has 2 heteroatoms. The van der Waals surface area contributed by atoms with Crippen molar-refractivity contribution in [2.24, 2.45) is 5.92 Å². The van der Waals surface area contributed by atoms with E-state index in [2.05, 4.69) is 59.0 Å². The number of hydrogen-bond donors (Lipinski definition) is 0. The molecule has 0 saturated carbocycles. The van der Waals surface area contributed by atoms with Crippen molar-refractivity contribution in [3.05, 3.63) is 42.7 Å². The third-order valence-corrected chi connectivity index (χ3v) is 16.8. The van der Waals surface area contributed by atoms with Crippen LogP contribution in [-0.2, 0) is 16.6 Å². The summed E-state index contributed by atoms with van der Waals surface area (Å²) in [6.07, 6.45) is 13.3. The molecule has 2 aliphatic rings. The van der Waals surface area contributed by atoms with Crippen LogP contribution in [0.25, 0.3) is 0 Å². The third-order valence-electron chi connectivity index (χ3n) is 5.20. The van der Waals surface area contributed by atoms with E-state index in [0.29, 0.717) is 0 Å². The molecule has 2 rings (SSSR count). The molecule has 0 aromatic heterocycles. The Balaban J connectivity index is 2.62. The van der Waals surface area contributed by atoms with Crippen LogP contribution in [0.4, 0.5) is 0 Å². The first-order valence-electron chi connectivity index (χ1n) is 9.09. The van der Waals surface area contributed by atoms with Crippen LogP contribution in [-0.4, -0.2) is 6.19 Å². The molecule has 0 amide bonds. The van der Waals surface area contributed by atoms with E-state index in [1.165, 1.54) is 32.1 Å². The van der Waals surface area contributed by atoms with E-state index in [0.717, 1.165) is 5.92 Å². The van der Waals surface area contributed by atoms with Gasteiger partial charge in [0.2, 0.25) is 0 Å². The quantitative estimate of drug-likeness (QED) is 0.479. The van der Waals surface area contributed by atoms with Crippen molar-refractivity contribution >= 4 is 6.19 Å². The van der Waals surface area contributed by atoms with Gasteiger partial charge >= 0.3 is 144 Å². The molecule has 2 aliphatic carbocycles. The van der Waals surface area contributed by atoms with Crippen molar-refractivity contribution in [2.75, 3.05) is 0 Å². The fourth-order valence-corrected chi connectivity index (χ4v) is 16.8. The van der Waals surface area contributed by atoms with Gasteiger partial charge in [0.1, 0.15) is 0 Å². The molecule has 1 atom stereocenters. The number of allylic oxidation sites excluding steroid dienone is 8. The topological polar surface area (TPSA) is 0 Å². The summed E-state index contributed by atoms with van der Waals surface area (Å²) in [5.41, 5.74) is 5.36. The zero-order chi connectivity index (χ0) is 16.3. The van der Waals surface area contributed by atoms with Crippen LogP contribution in [0.15, 0.2) is 42.7 Å². The summed E-state index contributed by atoms with van der Waals surface area (Å²) in [6.45, 7) is 14.7. The Morgan fingerprint density at radius 1 is 1.05 bits per heavy atom. The van der Waals surface area contributed by atoms with E-state index < -0.39 is 16.6 Å². The first-order chi connectivity index (χ1) is 10.6. The van der Waals surface area contributed by atoms with Gasteiger partial charge in [0.25, 0.3) is 0 Å². The van der Waals surface area contributed by atoms with Gasteiger partial charge in [0.15, 0.2) is 0 Å². The summed E-state index contributed by atoms with van der Waals surface area (Å²) < 4.78 is 3.85. The summed E-state index contributed by atoms with van der Waals surface area (Å²) in [5, 5.41) is 0. The van der Waals surface area contributed by atoms with Crippen molar-refractivity contribution in [2.45, 2.75) is 72.9 Å². The Kier molecular flexibility index (Phi) is 6.74. The molecule has 0 heterocycles. The molecular weight excluding hydrogens is 316 g/mol. The molecule has 0 fully saturated rings. The minimum atomic E-state index is -1.26. The second-order valence-electron chi connectivity index (χ2n) is 6.62. The molecule has 0 spiro atoms. The Morgan fingerprint density at radius 2 is 1.73 bits per heavy atom. The second kappa shape index (κ2) is 8.13. The molecule has 0 radical (unpaired) electrons. The SMILES string of the molecule is CCC1=C(CC)C(CC)[C]([Ti]([C]2=CC=CC2)=[Si](C)C)=C1CC. The average molecular weight is 348 g/mol. The molecule has 0 aromatic carbocycles. The van der Waals surface area contributed by atoms with Gasteiger partial charge in [-0.25, -0.2) is 0 Å². The second-order valence-corrected chi connectivity index (χ2v) is 18.4. The van der Waals surface area contributed by atoms with Crippen molar-refractivity contribution < 1.29 is 16.6 Å². The zero-order valence-corrected chi connectivity index (χ0v) is 17.9. The van der Waals surface area contributed by atoms with E-state index >= 15 is 0 Å². The molecule has 0 bridgehead atoms. The van der Waals surface area contributed by atoms with Crippen LogP contribution in [0, 0.1) is 5.92 Å². The number of rotatable bonds is 6. The minimum absolute atomic E-state index is 0.212. The Morgan fingerprint density at radius 3 is 2.14 bits per heavy atom. The fraction of sp³-hybridized carbons (Fsp3) is 0.600. The predicted octanol–water partition coefficient (Wildman–Crippen LogP) is 6.52. The maximum absolute atomic E-state index is 2.59. The summed E-state index contributed by atoms with van der Waals surface area (Å²) in [7, 11) is 0. The molecular formula is C20H32SiTi. The monoisotopic (exact) mass is 348 g/mol. The Hall–Kier alpha value is -0.109. The van der Waals surface area contributed by atoms with E-state index in [1.54, 1.807) is 16.7 Å². The van der Waals surface area contributed by atoms with Crippen LogP contribution in [0.2, 0.25) is 13.1 Å². The van der Waals surface area contributed by atoms with Gasteiger partial charge in [-0.05, 0) is 0 Å². The summed E-state index contributed by atoms with van der Waals surface area (Å²) in [5.74, 6) is 0.797. The van der Waals surface area contributed by atoms with Crippen molar-refractivity contribution in [1.29, 1.82) is 0 Å². The normalized spacial score (nSPS) is 21.0. The van der Waals surface area contributed by atoms with E-state index in [-0.39, 0.29) is 6.19 Å². The summed E-state index contributed by atoms with van der Waals surface area (Å²) in [4.78, 5) is 0. The fourth-order valence-electron chi connectivity index (χ4n) is 4.43. The number of hydrogen-bond acceptors (Lipinski definition) is 0. The van der Waals surface area contributed by atoms with Crippen LogP contribution in [0.1, 0.15) is 59.8 Å². The predicted molar refractivity (Wildman–Crippen MR) is 98.0 cm³/mol. The Labute approximate surface area is 144 Å². The van der Waals surface area contributed by atoms with E-state index in [4.69, 9.17) is 0 Å². The van der Waals surface area contributed by atoms with Crippen LogP contribution >= 0.6 is 0 Å². The first kappa shape index (κ1) is 18.2. The molecule has 0 aliphatic heterocycles. The summed E-state index contributed by atoms with van der Waals surface area (Å²) in [6, 6.07) is 0. The maximum atomic E-state index is 2.59. The Bertz CT molecular complexity index is 595. The van der Waals surface area contributed by atoms with Crippen molar-refractivity contribution in [3.63, 3.8) is 0 Å². The van der Waals surface area contributed by atoms with E-state index in [1.807, 2.05) is 7.76 Å². The standard InChI is InChI=1S/C13H21.C5H5.C2H6Si.Ti/c1-5-10-9-11(6-2)13(8-4)12(10)7-3;1-2-4-5-3-1;1-3-2;/h10H,5-8H2,1-4H3;1-3H,4H2;1-2H3;. The van der Waals surface area contributed by atoms with Crippen LogP contribution in [0.5, 0.6) is 0 Å². The van der Waals surface area contributed by atoms with Gasteiger partial charge in [0.05, 0.1) is 0 Å². The molecule has 120 valence electrons. The van der Waals surface area contributed by atoms with Gasteiger partial charge in [0, 0.05) is 0 Å². The zero-order valence-electron chi connectivity index (χ0n) is 15.3. The van der Waals surface area contributed by atoms with Gasteiger partial charge < -0.3 is 0 Å². The van der Waals surface area contributed by atoms with E-state index in [9.17, 15) is 0 Å². The summed E-state index contributed by atoms with van der Waals surface area (Å²) >= 11 is -1.26. The third kappa shape index (κ3) is 3.23. The molecule has 0 N–H and O–H groups in total. The average Bonchev–Trinajstić information content (AvgIpc) is 3.12.